The van der Waals surface area contributed by atoms with Gasteiger partial charge in [0, 0.05) is 25.7 Å². The summed E-state index contributed by atoms with van der Waals surface area (Å²) < 4.78 is 68.3. The third-order valence-corrected chi connectivity index (χ3v) is 18.4. The van der Waals surface area contributed by atoms with Crippen molar-refractivity contribution in [2.45, 2.75) is 369 Å². The molecule has 93 heavy (non-hydrogen) atoms. The third-order valence-electron chi connectivity index (χ3n) is 16.5. The zero-order valence-electron chi connectivity index (χ0n) is 60.2. The predicted molar refractivity (Wildman–Crippen MR) is 377 cm³/mol. The van der Waals surface area contributed by atoms with Crippen molar-refractivity contribution in [2.75, 3.05) is 39.6 Å². The number of phosphoric ester groups is 2. The van der Waals surface area contributed by atoms with Gasteiger partial charge < -0.3 is 33.8 Å². The van der Waals surface area contributed by atoms with Crippen LogP contribution in [0.4, 0.5) is 0 Å². The summed E-state index contributed by atoms with van der Waals surface area (Å²) in [5.74, 6) is 0.0319. The molecule has 0 aliphatic carbocycles. The highest BCUT2D eigenvalue weighted by Crippen LogP contribution is 2.45. The fraction of sp³-hybridized carbons (Fsp3) is 0.892. The van der Waals surface area contributed by atoms with E-state index in [4.69, 9.17) is 37.0 Å². The Labute approximate surface area is 567 Å². The summed E-state index contributed by atoms with van der Waals surface area (Å²) in [5, 5.41) is 10.6. The number of carbonyl (C=O) groups excluding carboxylic acids is 4. The number of rotatable bonds is 70. The van der Waals surface area contributed by atoms with E-state index in [1.165, 1.54) is 135 Å². The van der Waals surface area contributed by atoms with Gasteiger partial charge in [-0.25, -0.2) is 9.13 Å². The number of hydrogen-bond acceptors (Lipinski definition) is 15. The van der Waals surface area contributed by atoms with Crippen molar-refractivity contribution in [1.82, 2.24) is 0 Å². The number of aliphatic hydroxyl groups is 1. The minimum atomic E-state index is -4.96. The average molecular weight is 1360 g/mol. The molecule has 0 radical (unpaired) electrons. The van der Waals surface area contributed by atoms with E-state index in [1.807, 2.05) is 0 Å². The van der Waals surface area contributed by atoms with Gasteiger partial charge in [-0.2, -0.15) is 0 Å². The van der Waals surface area contributed by atoms with E-state index in [0.717, 1.165) is 121 Å². The van der Waals surface area contributed by atoms with Crippen LogP contribution in [0.3, 0.4) is 0 Å². The largest absolute Gasteiger partial charge is 0.472 e. The smallest absolute Gasteiger partial charge is 0.462 e. The number of carbonyl (C=O) groups is 4. The Balaban J connectivity index is 5.22. The molecule has 0 aromatic heterocycles. The summed E-state index contributed by atoms with van der Waals surface area (Å²) in [7, 11) is -9.92. The molecular formula is C74H140O17P2. The molecule has 2 unspecified atom stereocenters. The lowest BCUT2D eigenvalue weighted by molar-refractivity contribution is -0.161. The van der Waals surface area contributed by atoms with Crippen molar-refractivity contribution in [2.24, 2.45) is 17.8 Å². The molecule has 0 aliphatic heterocycles. The SMILES string of the molecule is CCCCCC/C=C\C=C/CCCCCCCC(=O)O[C@H](COC(=O)CCCCCCCCC(C)C)COP(=O)(O)OC[C@H](O)COP(=O)(O)OC[C@@H](COC(=O)CCCCCCCCCC(C)C)OC(=O)CCCCCCCCCCCCCCCCCCC(C)C. The van der Waals surface area contributed by atoms with Crippen LogP contribution in [0.15, 0.2) is 24.3 Å². The molecule has 0 bridgehead atoms. The van der Waals surface area contributed by atoms with Crippen LogP contribution < -0.4 is 0 Å². The van der Waals surface area contributed by atoms with Crippen LogP contribution in [-0.2, 0) is 65.4 Å². The van der Waals surface area contributed by atoms with Crippen molar-refractivity contribution >= 4 is 39.5 Å². The van der Waals surface area contributed by atoms with E-state index < -0.39 is 97.5 Å². The van der Waals surface area contributed by atoms with Gasteiger partial charge in [0.25, 0.3) is 0 Å². The Morgan fingerprint density at radius 1 is 0.333 bits per heavy atom. The molecule has 17 nitrogen and oxygen atoms in total. The molecule has 0 spiro atoms. The Morgan fingerprint density at radius 3 is 0.871 bits per heavy atom. The summed E-state index contributed by atoms with van der Waals surface area (Å²) in [6.07, 6.45) is 52.5. The van der Waals surface area contributed by atoms with Gasteiger partial charge >= 0.3 is 39.5 Å². The molecule has 0 rings (SSSR count). The summed E-state index contributed by atoms with van der Waals surface area (Å²) >= 11 is 0. The van der Waals surface area contributed by atoms with Crippen molar-refractivity contribution in [1.29, 1.82) is 0 Å². The van der Waals surface area contributed by atoms with Crippen molar-refractivity contribution < 1.29 is 80.2 Å². The zero-order chi connectivity index (χ0) is 68.7. The van der Waals surface area contributed by atoms with Crippen LogP contribution in [0.2, 0.25) is 0 Å². The number of allylic oxidation sites excluding steroid dienone is 4. The quantitative estimate of drug-likeness (QED) is 0.0169. The lowest BCUT2D eigenvalue weighted by Crippen LogP contribution is -2.30. The second-order valence-electron chi connectivity index (χ2n) is 27.4. The van der Waals surface area contributed by atoms with Gasteiger partial charge in [0.15, 0.2) is 12.2 Å². The maximum absolute atomic E-state index is 13.0. The van der Waals surface area contributed by atoms with Gasteiger partial charge in [0.2, 0.25) is 0 Å². The molecule has 0 saturated carbocycles. The van der Waals surface area contributed by atoms with E-state index >= 15 is 0 Å². The van der Waals surface area contributed by atoms with Crippen molar-refractivity contribution in [3.63, 3.8) is 0 Å². The first-order valence-electron chi connectivity index (χ1n) is 37.7. The first-order chi connectivity index (χ1) is 44.7. The maximum atomic E-state index is 13.0. The number of esters is 4. The summed E-state index contributed by atoms with van der Waals surface area (Å²) in [4.78, 5) is 72.6. The highest BCUT2D eigenvalue weighted by molar-refractivity contribution is 7.47. The minimum absolute atomic E-state index is 0.0836. The molecule has 5 atom stereocenters. The number of phosphoric acid groups is 2. The molecule has 0 amide bonds. The second-order valence-corrected chi connectivity index (χ2v) is 30.3. The topological polar surface area (TPSA) is 237 Å². The standard InChI is InChI=1S/C74H140O17P2/c1-8-9-10-11-12-13-14-15-18-22-25-28-33-43-50-58-74(79)91-70(62-85-72(77)56-49-42-37-36-40-47-54-67(6)7)64-89-93(82,83)87-60-68(75)59-86-92(80,81)88-63-69(61-84-71(76)55-48-41-35-30-32-39-46-53-66(4)5)90-73(78)57-51-44-34-29-26-23-20-17-16-19-21-24-27-31-38-45-52-65(2)3/h13-15,18,65-70,75H,8-12,16-17,19-64H2,1-7H3,(H,80,81)(H,82,83)/b14-13-,18-15-/t68-,69-,70-/m1/s1. The second kappa shape index (κ2) is 64.2. The van der Waals surface area contributed by atoms with E-state index in [1.54, 1.807) is 0 Å². The van der Waals surface area contributed by atoms with E-state index in [-0.39, 0.29) is 25.7 Å². The van der Waals surface area contributed by atoms with E-state index in [2.05, 4.69) is 72.8 Å². The third kappa shape index (κ3) is 67.9. The van der Waals surface area contributed by atoms with Crippen LogP contribution in [0.5, 0.6) is 0 Å². The van der Waals surface area contributed by atoms with Crippen molar-refractivity contribution in [3.8, 4) is 0 Å². The van der Waals surface area contributed by atoms with Crippen LogP contribution in [0.25, 0.3) is 0 Å². The maximum Gasteiger partial charge on any atom is 0.472 e. The van der Waals surface area contributed by atoms with Gasteiger partial charge in [0.1, 0.15) is 19.3 Å². The Bertz CT molecular complexity index is 1910. The number of ether oxygens (including phenoxy) is 4. The molecule has 19 heteroatoms. The van der Waals surface area contributed by atoms with Gasteiger partial charge in [0.05, 0.1) is 26.4 Å². The number of aliphatic hydroxyl groups excluding tert-OH is 1. The number of hydrogen-bond donors (Lipinski definition) is 3. The fourth-order valence-corrected chi connectivity index (χ4v) is 12.3. The molecular weight excluding hydrogens is 1220 g/mol. The predicted octanol–water partition coefficient (Wildman–Crippen LogP) is 21.0. The molecule has 0 saturated heterocycles. The first-order valence-corrected chi connectivity index (χ1v) is 40.7. The molecule has 0 aromatic rings. The van der Waals surface area contributed by atoms with Gasteiger partial charge in [-0.05, 0) is 69.1 Å². The molecule has 3 N–H and O–H groups in total. The molecule has 0 heterocycles. The lowest BCUT2D eigenvalue weighted by atomic mass is 10.0. The van der Waals surface area contributed by atoms with Gasteiger partial charge in [-0.3, -0.25) is 37.3 Å². The van der Waals surface area contributed by atoms with Crippen LogP contribution in [-0.4, -0.2) is 96.7 Å². The monoisotopic (exact) mass is 1360 g/mol. The molecule has 0 fully saturated rings. The van der Waals surface area contributed by atoms with Crippen LogP contribution >= 0.6 is 15.6 Å². The average Bonchev–Trinajstić information content (AvgIpc) is 1.75. The first kappa shape index (κ1) is 90.5. The summed E-state index contributed by atoms with van der Waals surface area (Å²) in [6.45, 7) is 11.7. The lowest BCUT2D eigenvalue weighted by Gasteiger charge is -2.21. The Kier molecular flexibility index (Phi) is 62.5. The highest BCUT2D eigenvalue weighted by Gasteiger charge is 2.30. The highest BCUT2D eigenvalue weighted by atomic mass is 31.2. The normalized spacial score (nSPS) is 14.3. The molecule has 0 aromatic carbocycles. The number of unbranched alkanes of at least 4 members (excludes halogenated alkanes) is 35. The van der Waals surface area contributed by atoms with Crippen LogP contribution in [0.1, 0.15) is 350 Å². The minimum Gasteiger partial charge on any atom is -0.462 e. The Hall–Kier alpha value is -2.46. The molecule has 548 valence electrons. The Morgan fingerprint density at radius 2 is 0.581 bits per heavy atom. The van der Waals surface area contributed by atoms with Crippen LogP contribution in [0, 0.1) is 17.8 Å². The zero-order valence-corrected chi connectivity index (χ0v) is 62.0. The van der Waals surface area contributed by atoms with E-state index in [9.17, 15) is 43.2 Å². The fourth-order valence-electron chi connectivity index (χ4n) is 10.7. The van der Waals surface area contributed by atoms with Gasteiger partial charge in [-0.1, -0.05) is 297 Å². The summed E-state index contributed by atoms with van der Waals surface area (Å²) in [6, 6.07) is 0. The summed E-state index contributed by atoms with van der Waals surface area (Å²) in [5.41, 5.74) is 0. The molecule has 0 aliphatic rings. The van der Waals surface area contributed by atoms with Gasteiger partial charge in [-0.15, -0.1) is 0 Å². The van der Waals surface area contributed by atoms with Crippen molar-refractivity contribution in [3.05, 3.63) is 24.3 Å². The van der Waals surface area contributed by atoms with E-state index in [0.29, 0.717) is 37.5 Å².